The zero-order chi connectivity index (χ0) is 20.6. The molecule has 0 aliphatic rings. The Bertz CT molecular complexity index is 1250. The van der Waals surface area contributed by atoms with E-state index in [0.29, 0.717) is 28.8 Å². The highest BCUT2D eigenvalue weighted by Crippen LogP contribution is 2.28. The molecule has 0 saturated heterocycles. The standard InChI is InChI=1S/C19H18ClN5O2S2/c1-13-15(17(20)25(23-13)11-14-7-4-3-5-8-14)12-29(26,27)19-22-21-18(24(19)2)16-9-6-10-28-16/h3-10H,11-12H2,1-2H3. The smallest absolute Gasteiger partial charge is 0.250 e. The van der Waals surface area contributed by atoms with Crippen LogP contribution in [0.15, 0.2) is 53.0 Å². The summed E-state index contributed by atoms with van der Waals surface area (Å²) in [6, 6.07) is 13.5. The van der Waals surface area contributed by atoms with E-state index in [4.69, 9.17) is 11.6 Å². The number of aryl methyl sites for hydroxylation is 1. The van der Waals surface area contributed by atoms with Gasteiger partial charge in [0.1, 0.15) is 5.15 Å². The van der Waals surface area contributed by atoms with E-state index in [9.17, 15) is 8.42 Å². The summed E-state index contributed by atoms with van der Waals surface area (Å²) in [5, 5.41) is 14.6. The van der Waals surface area contributed by atoms with Gasteiger partial charge in [-0.2, -0.15) is 5.10 Å². The highest BCUT2D eigenvalue weighted by Gasteiger charge is 2.28. The molecule has 3 aromatic heterocycles. The van der Waals surface area contributed by atoms with Gasteiger partial charge >= 0.3 is 0 Å². The molecular formula is C19H18ClN5O2S2. The van der Waals surface area contributed by atoms with Crippen molar-refractivity contribution < 1.29 is 8.42 Å². The third-order valence-electron chi connectivity index (χ3n) is 4.55. The lowest BCUT2D eigenvalue weighted by Gasteiger charge is -2.06. The molecule has 0 aliphatic heterocycles. The van der Waals surface area contributed by atoms with E-state index in [0.717, 1.165) is 10.4 Å². The molecule has 0 fully saturated rings. The summed E-state index contributed by atoms with van der Waals surface area (Å²) in [6.07, 6.45) is 0. The Labute approximate surface area is 177 Å². The van der Waals surface area contributed by atoms with Crippen molar-refractivity contribution in [1.82, 2.24) is 24.5 Å². The number of sulfone groups is 1. The number of halogens is 1. The van der Waals surface area contributed by atoms with Crippen LogP contribution < -0.4 is 0 Å². The topological polar surface area (TPSA) is 82.7 Å². The molecule has 0 saturated carbocycles. The fraction of sp³-hybridized carbons (Fsp3) is 0.211. The molecule has 0 unspecified atom stereocenters. The summed E-state index contributed by atoms with van der Waals surface area (Å²) in [4.78, 5) is 0.853. The van der Waals surface area contributed by atoms with Gasteiger partial charge in [-0.25, -0.2) is 13.1 Å². The molecule has 0 radical (unpaired) electrons. The third kappa shape index (κ3) is 3.85. The minimum atomic E-state index is -3.76. The van der Waals surface area contributed by atoms with Crippen LogP contribution in [-0.4, -0.2) is 33.0 Å². The Balaban J connectivity index is 1.64. The van der Waals surface area contributed by atoms with Gasteiger partial charge in [0.15, 0.2) is 5.82 Å². The molecule has 3 heterocycles. The number of thiophene rings is 1. The first-order valence-electron chi connectivity index (χ1n) is 8.78. The lowest BCUT2D eigenvalue weighted by Crippen LogP contribution is -2.12. The molecule has 1 aromatic carbocycles. The van der Waals surface area contributed by atoms with Crippen LogP contribution in [0.5, 0.6) is 0 Å². The lowest BCUT2D eigenvalue weighted by atomic mass is 10.2. The number of hydrogen-bond acceptors (Lipinski definition) is 6. The molecule has 0 aliphatic carbocycles. The SMILES string of the molecule is Cc1nn(Cc2ccccc2)c(Cl)c1CS(=O)(=O)c1nnc(-c2cccs2)n1C. The first-order chi connectivity index (χ1) is 13.9. The number of nitrogens with zero attached hydrogens (tertiary/aromatic N) is 5. The van der Waals surface area contributed by atoms with Crippen molar-refractivity contribution in [2.75, 3.05) is 0 Å². The number of hydrogen-bond donors (Lipinski definition) is 0. The summed E-state index contributed by atoms with van der Waals surface area (Å²) >= 11 is 7.97. The molecule has 4 rings (SSSR count). The van der Waals surface area contributed by atoms with E-state index in [-0.39, 0.29) is 10.9 Å². The Morgan fingerprint density at radius 1 is 1.10 bits per heavy atom. The molecule has 0 atom stereocenters. The third-order valence-corrected chi connectivity index (χ3v) is 7.42. The minimum absolute atomic E-state index is 0.0906. The first-order valence-corrected chi connectivity index (χ1v) is 11.7. The van der Waals surface area contributed by atoms with Gasteiger partial charge in [-0.15, -0.1) is 21.5 Å². The second-order valence-electron chi connectivity index (χ2n) is 6.60. The number of rotatable bonds is 6. The van der Waals surface area contributed by atoms with Crippen LogP contribution in [0.25, 0.3) is 10.7 Å². The molecule has 29 heavy (non-hydrogen) atoms. The zero-order valence-corrected chi connectivity index (χ0v) is 18.2. The second kappa shape index (κ2) is 7.74. The van der Waals surface area contributed by atoms with Crippen LogP contribution in [-0.2, 0) is 29.2 Å². The summed E-state index contributed by atoms with van der Waals surface area (Å²) in [7, 11) is -2.11. The molecule has 4 aromatic rings. The quantitative estimate of drug-likeness (QED) is 0.449. The van der Waals surface area contributed by atoms with Gasteiger partial charge in [0.05, 0.1) is 22.9 Å². The van der Waals surface area contributed by atoms with Gasteiger partial charge in [0.25, 0.3) is 0 Å². The van der Waals surface area contributed by atoms with Gasteiger partial charge in [-0.1, -0.05) is 48.0 Å². The lowest BCUT2D eigenvalue weighted by molar-refractivity contribution is 0.577. The van der Waals surface area contributed by atoms with Gasteiger partial charge < -0.3 is 4.57 Å². The van der Waals surface area contributed by atoms with Crippen LogP contribution in [0.2, 0.25) is 5.15 Å². The summed E-state index contributed by atoms with van der Waals surface area (Å²) in [5.41, 5.74) is 2.08. The van der Waals surface area contributed by atoms with Crippen LogP contribution in [0, 0.1) is 6.92 Å². The molecule has 10 heteroatoms. The predicted octanol–water partition coefficient (Wildman–Crippen LogP) is 3.72. The average molecular weight is 448 g/mol. The minimum Gasteiger partial charge on any atom is -0.300 e. The fourth-order valence-corrected chi connectivity index (χ4v) is 5.72. The van der Waals surface area contributed by atoms with Gasteiger partial charge in [-0.05, 0) is 23.9 Å². The van der Waals surface area contributed by atoms with Gasteiger partial charge in [0.2, 0.25) is 15.0 Å². The maximum Gasteiger partial charge on any atom is 0.250 e. The maximum absolute atomic E-state index is 13.1. The van der Waals surface area contributed by atoms with Crippen molar-refractivity contribution in [3.63, 3.8) is 0 Å². The summed E-state index contributed by atoms with van der Waals surface area (Å²) in [5.74, 6) is 0.226. The summed E-state index contributed by atoms with van der Waals surface area (Å²) < 4.78 is 29.2. The molecule has 0 bridgehead atoms. The van der Waals surface area contributed by atoms with Crippen molar-refractivity contribution in [2.45, 2.75) is 24.4 Å². The first kappa shape index (κ1) is 19.8. The van der Waals surface area contributed by atoms with Gasteiger partial charge in [-0.3, -0.25) is 0 Å². The van der Waals surface area contributed by atoms with Crippen molar-refractivity contribution in [2.24, 2.45) is 7.05 Å². The molecular weight excluding hydrogens is 430 g/mol. The summed E-state index contributed by atoms with van der Waals surface area (Å²) in [6.45, 7) is 2.22. The van der Waals surface area contributed by atoms with Crippen molar-refractivity contribution in [3.05, 3.63) is 69.8 Å². The van der Waals surface area contributed by atoms with Crippen LogP contribution in [0.1, 0.15) is 16.8 Å². The Morgan fingerprint density at radius 3 is 2.55 bits per heavy atom. The van der Waals surface area contributed by atoms with Crippen LogP contribution >= 0.6 is 22.9 Å². The van der Waals surface area contributed by atoms with E-state index >= 15 is 0 Å². The average Bonchev–Trinajstić information content (AvgIpc) is 3.40. The van der Waals surface area contributed by atoms with Crippen molar-refractivity contribution in [3.8, 4) is 10.7 Å². The second-order valence-corrected chi connectivity index (χ2v) is 9.79. The Hall–Kier alpha value is -2.49. The predicted molar refractivity (Wildman–Crippen MR) is 113 cm³/mol. The molecule has 0 N–H and O–H groups in total. The molecule has 0 spiro atoms. The monoisotopic (exact) mass is 447 g/mol. The Morgan fingerprint density at radius 2 is 1.86 bits per heavy atom. The van der Waals surface area contributed by atoms with Crippen molar-refractivity contribution >= 4 is 32.8 Å². The van der Waals surface area contributed by atoms with E-state index in [1.54, 1.807) is 18.7 Å². The van der Waals surface area contributed by atoms with E-state index < -0.39 is 9.84 Å². The number of aromatic nitrogens is 5. The van der Waals surface area contributed by atoms with E-state index in [1.165, 1.54) is 15.9 Å². The van der Waals surface area contributed by atoms with Crippen molar-refractivity contribution in [1.29, 1.82) is 0 Å². The highest BCUT2D eigenvalue weighted by molar-refractivity contribution is 7.90. The number of benzene rings is 1. The highest BCUT2D eigenvalue weighted by atomic mass is 35.5. The molecule has 7 nitrogen and oxygen atoms in total. The molecule has 0 amide bonds. The normalized spacial score (nSPS) is 11.8. The van der Waals surface area contributed by atoms with E-state index in [1.807, 2.05) is 47.8 Å². The zero-order valence-electron chi connectivity index (χ0n) is 15.8. The van der Waals surface area contributed by atoms with Crippen LogP contribution in [0.3, 0.4) is 0 Å². The maximum atomic E-state index is 13.1. The molecule has 150 valence electrons. The van der Waals surface area contributed by atoms with Crippen LogP contribution in [0.4, 0.5) is 0 Å². The Kier molecular flexibility index (Phi) is 5.28. The van der Waals surface area contributed by atoms with Gasteiger partial charge in [0, 0.05) is 12.6 Å². The van der Waals surface area contributed by atoms with E-state index in [2.05, 4.69) is 15.3 Å². The largest absolute Gasteiger partial charge is 0.300 e. The fourth-order valence-electron chi connectivity index (χ4n) is 3.08.